The zero-order chi connectivity index (χ0) is 18.0. The summed E-state index contributed by atoms with van der Waals surface area (Å²) in [5.41, 5.74) is -0.138. The summed E-state index contributed by atoms with van der Waals surface area (Å²) in [4.78, 5) is 11.8. The zero-order valence-corrected chi connectivity index (χ0v) is 15.4. The Labute approximate surface area is 149 Å². The second-order valence-electron chi connectivity index (χ2n) is 9.18. The van der Waals surface area contributed by atoms with Crippen molar-refractivity contribution < 1.29 is 19.7 Å². The highest BCUT2D eigenvalue weighted by Gasteiger charge is 2.61. The van der Waals surface area contributed by atoms with Gasteiger partial charge in [-0.15, -0.1) is 0 Å². The average Bonchev–Trinajstić information content (AvgIpc) is 2.84. The van der Waals surface area contributed by atoms with E-state index >= 15 is 0 Å². The summed E-state index contributed by atoms with van der Waals surface area (Å²) in [6, 6.07) is 0. The fourth-order valence-electron chi connectivity index (χ4n) is 6.62. The molecule has 0 radical (unpaired) electrons. The summed E-state index contributed by atoms with van der Waals surface area (Å²) in [6.07, 6.45) is 10.1. The zero-order valence-electron chi connectivity index (χ0n) is 15.4. The standard InChI is InChI=1S/C21H30O4/c1-12(22)25-17-11-13-10-14(23)6-8-20(13,2)16-7-9-21(3)15(19(16)17)4-5-18(21)24/h5-6,8,13-17,19,23-24H,4,7,9-11H2,1-3H3/t13?,14-,15-,16-,17-,19-,20-,21-/m0/s1. The Bertz CT molecular complexity index is 638. The first kappa shape index (κ1) is 17.1. The van der Waals surface area contributed by atoms with Crippen LogP contribution >= 0.6 is 0 Å². The van der Waals surface area contributed by atoms with E-state index in [-0.39, 0.29) is 28.8 Å². The Morgan fingerprint density at radius 2 is 2.04 bits per heavy atom. The Kier molecular flexibility index (Phi) is 3.84. The molecule has 2 saturated carbocycles. The Balaban J connectivity index is 1.74. The Morgan fingerprint density at radius 1 is 1.28 bits per heavy atom. The van der Waals surface area contributed by atoms with E-state index in [1.807, 2.05) is 12.2 Å². The molecule has 4 aliphatic rings. The number of ether oxygens (including phenoxy) is 1. The predicted molar refractivity (Wildman–Crippen MR) is 94.7 cm³/mol. The largest absolute Gasteiger partial charge is 0.512 e. The highest BCUT2D eigenvalue weighted by atomic mass is 16.5. The molecule has 0 heterocycles. The highest BCUT2D eigenvalue weighted by molar-refractivity contribution is 5.66. The van der Waals surface area contributed by atoms with Gasteiger partial charge < -0.3 is 14.9 Å². The molecule has 4 aliphatic carbocycles. The maximum Gasteiger partial charge on any atom is 0.302 e. The number of hydrogen-bond acceptors (Lipinski definition) is 4. The van der Waals surface area contributed by atoms with E-state index in [0.29, 0.717) is 23.5 Å². The van der Waals surface area contributed by atoms with Crippen LogP contribution in [0.2, 0.25) is 0 Å². The number of fused-ring (bicyclic) bond motifs is 5. The van der Waals surface area contributed by atoms with Crippen LogP contribution in [0.5, 0.6) is 0 Å². The van der Waals surface area contributed by atoms with Crippen LogP contribution in [0.3, 0.4) is 0 Å². The first-order valence-electron chi connectivity index (χ1n) is 9.70. The number of rotatable bonds is 1. The van der Waals surface area contributed by atoms with Crippen LogP contribution in [0.15, 0.2) is 24.0 Å². The van der Waals surface area contributed by atoms with Crippen LogP contribution in [0.1, 0.15) is 52.9 Å². The average molecular weight is 346 g/mol. The van der Waals surface area contributed by atoms with E-state index in [1.165, 1.54) is 6.92 Å². The van der Waals surface area contributed by atoms with Crippen molar-refractivity contribution in [3.05, 3.63) is 24.0 Å². The van der Waals surface area contributed by atoms with E-state index < -0.39 is 6.10 Å². The van der Waals surface area contributed by atoms with Gasteiger partial charge in [0.25, 0.3) is 0 Å². The van der Waals surface area contributed by atoms with E-state index in [9.17, 15) is 15.0 Å². The smallest absolute Gasteiger partial charge is 0.302 e. The highest BCUT2D eigenvalue weighted by Crippen LogP contribution is 2.65. The van der Waals surface area contributed by atoms with Crippen LogP contribution in [-0.2, 0) is 9.53 Å². The topological polar surface area (TPSA) is 66.8 Å². The first-order valence-corrected chi connectivity index (χ1v) is 9.70. The van der Waals surface area contributed by atoms with Crippen molar-refractivity contribution in [3.63, 3.8) is 0 Å². The molecule has 8 atom stereocenters. The fraction of sp³-hybridized carbons (Fsp3) is 0.762. The van der Waals surface area contributed by atoms with Gasteiger partial charge in [-0.1, -0.05) is 26.0 Å². The summed E-state index contributed by atoms with van der Waals surface area (Å²) < 4.78 is 5.83. The lowest BCUT2D eigenvalue weighted by molar-refractivity contribution is -0.177. The van der Waals surface area contributed by atoms with E-state index in [1.54, 1.807) is 0 Å². The molecule has 0 aromatic heterocycles. The number of carbonyl (C=O) groups is 1. The van der Waals surface area contributed by atoms with Crippen LogP contribution < -0.4 is 0 Å². The summed E-state index contributed by atoms with van der Waals surface area (Å²) in [5.74, 6) is 1.67. The molecule has 0 saturated heterocycles. The molecular formula is C21H30O4. The maximum atomic E-state index is 11.8. The normalized spacial score (nSPS) is 51.1. The molecule has 4 nitrogen and oxygen atoms in total. The number of hydrogen-bond donors (Lipinski definition) is 2. The van der Waals surface area contributed by atoms with Crippen LogP contribution in [-0.4, -0.2) is 28.4 Å². The summed E-state index contributed by atoms with van der Waals surface area (Å²) in [7, 11) is 0. The van der Waals surface area contributed by atoms with Crippen molar-refractivity contribution in [2.45, 2.75) is 65.1 Å². The molecular weight excluding hydrogens is 316 g/mol. The van der Waals surface area contributed by atoms with Gasteiger partial charge in [0.15, 0.2) is 0 Å². The van der Waals surface area contributed by atoms with E-state index in [2.05, 4.69) is 19.9 Å². The maximum absolute atomic E-state index is 11.8. The predicted octanol–water partition coefficient (Wildman–Crippen LogP) is 3.76. The van der Waals surface area contributed by atoms with Gasteiger partial charge in [-0.25, -0.2) is 0 Å². The minimum absolute atomic E-state index is 0.0418. The van der Waals surface area contributed by atoms with Crippen LogP contribution in [0.4, 0.5) is 0 Å². The SMILES string of the molecule is CC(=O)O[C@H]1CC2C[C@@H](O)C=C[C@]2(C)[C@H]2CC[C@]3(C)C(O)=CC[C@H]3[C@H]12. The minimum atomic E-state index is -0.390. The van der Waals surface area contributed by atoms with Crippen molar-refractivity contribution in [2.24, 2.45) is 34.5 Å². The molecule has 1 unspecified atom stereocenters. The Morgan fingerprint density at radius 3 is 2.76 bits per heavy atom. The summed E-state index contributed by atoms with van der Waals surface area (Å²) in [5, 5.41) is 20.6. The molecule has 0 aromatic carbocycles. The lowest BCUT2D eigenvalue weighted by atomic mass is 9.45. The molecule has 2 fully saturated rings. The Hall–Kier alpha value is -1.29. The summed E-state index contributed by atoms with van der Waals surface area (Å²) in [6.45, 7) is 5.99. The van der Waals surface area contributed by atoms with E-state index in [4.69, 9.17) is 4.74 Å². The summed E-state index contributed by atoms with van der Waals surface area (Å²) >= 11 is 0. The monoisotopic (exact) mass is 346 g/mol. The number of aliphatic hydroxyl groups excluding tert-OH is 2. The van der Waals surface area contributed by atoms with Crippen molar-refractivity contribution in [2.75, 3.05) is 0 Å². The third-order valence-corrected chi connectivity index (χ3v) is 8.02. The van der Waals surface area contributed by atoms with E-state index in [0.717, 1.165) is 32.1 Å². The second-order valence-corrected chi connectivity index (χ2v) is 9.18. The molecule has 0 aliphatic heterocycles. The van der Waals surface area contributed by atoms with Gasteiger partial charge in [0.2, 0.25) is 0 Å². The van der Waals surface area contributed by atoms with Crippen LogP contribution in [0.25, 0.3) is 0 Å². The molecule has 0 aromatic rings. The second kappa shape index (κ2) is 5.60. The van der Waals surface area contributed by atoms with Crippen molar-refractivity contribution in [1.82, 2.24) is 0 Å². The van der Waals surface area contributed by atoms with Crippen LogP contribution in [0, 0.1) is 34.5 Å². The molecule has 138 valence electrons. The third-order valence-electron chi connectivity index (χ3n) is 8.02. The number of esters is 1. The van der Waals surface area contributed by atoms with Gasteiger partial charge in [-0.3, -0.25) is 4.79 Å². The van der Waals surface area contributed by atoms with Gasteiger partial charge in [0.05, 0.1) is 11.9 Å². The molecule has 4 heteroatoms. The van der Waals surface area contributed by atoms with Gasteiger partial charge in [-0.2, -0.15) is 0 Å². The van der Waals surface area contributed by atoms with Gasteiger partial charge >= 0.3 is 5.97 Å². The lowest BCUT2D eigenvalue weighted by Crippen LogP contribution is -2.58. The lowest BCUT2D eigenvalue weighted by Gasteiger charge is -2.60. The van der Waals surface area contributed by atoms with Crippen molar-refractivity contribution in [3.8, 4) is 0 Å². The number of carbonyl (C=O) groups excluding carboxylic acids is 1. The van der Waals surface area contributed by atoms with Gasteiger partial charge in [-0.05, 0) is 61.3 Å². The quantitative estimate of drug-likeness (QED) is 0.560. The number of aliphatic hydroxyl groups is 2. The van der Waals surface area contributed by atoms with Gasteiger partial charge in [0, 0.05) is 18.3 Å². The fourth-order valence-corrected chi connectivity index (χ4v) is 6.62. The molecule has 0 spiro atoms. The third kappa shape index (κ3) is 2.40. The van der Waals surface area contributed by atoms with Crippen molar-refractivity contribution >= 4 is 5.97 Å². The molecule has 0 bridgehead atoms. The minimum Gasteiger partial charge on any atom is -0.512 e. The van der Waals surface area contributed by atoms with Gasteiger partial charge in [0.1, 0.15) is 6.10 Å². The van der Waals surface area contributed by atoms with Crippen molar-refractivity contribution in [1.29, 1.82) is 0 Å². The molecule has 2 N–H and O–H groups in total. The molecule has 0 amide bonds. The molecule has 4 rings (SSSR count). The first-order chi connectivity index (χ1) is 11.8. The number of allylic oxidation sites excluding steroid dienone is 3. The molecule has 25 heavy (non-hydrogen) atoms.